The van der Waals surface area contributed by atoms with E-state index in [0.717, 1.165) is 22.0 Å². The number of nitrogens with one attached hydrogen (secondary N) is 2. The van der Waals surface area contributed by atoms with Crippen molar-refractivity contribution >= 4 is 44.8 Å². The summed E-state index contributed by atoms with van der Waals surface area (Å²) in [6.07, 6.45) is 3.33. The number of hydrogen-bond donors (Lipinski definition) is 3. The fourth-order valence-electron chi connectivity index (χ4n) is 2.71. The molecule has 26 heavy (non-hydrogen) atoms. The first-order valence-corrected chi connectivity index (χ1v) is 9.22. The molecule has 0 aliphatic heterocycles. The van der Waals surface area contributed by atoms with Crippen molar-refractivity contribution in [3.63, 3.8) is 0 Å². The highest BCUT2D eigenvalue weighted by Gasteiger charge is 2.10. The highest BCUT2D eigenvalue weighted by molar-refractivity contribution is 7.83. The number of nitrogens with zero attached hydrogens (tertiary/aromatic N) is 2. The van der Waals surface area contributed by atoms with E-state index in [-0.39, 0.29) is 0 Å². The second kappa shape index (κ2) is 6.61. The maximum absolute atomic E-state index is 12.2. The average Bonchev–Trinajstić information content (AvgIpc) is 3.07. The van der Waals surface area contributed by atoms with Gasteiger partial charge in [0.2, 0.25) is 0 Å². The molecule has 6 nitrogen and oxygen atoms in total. The number of hydrogen-bond acceptors (Lipinski definition) is 4. The van der Waals surface area contributed by atoms with E-state index < -0.39 is 11.0 Å². The van der Waals surface area contributed by atoms with Gasteiger partial charge in [0.05, 0.1) is 10.4 Å². The number of benzene rings is 2. The lowest BCUT2D eigenvalue weighted by Gasteiger charge is -2.01. The lowest BCUT2D eigenvalue weighted by molar-refractivity contribution is 0.679. The predicted molar refractivity (Wildman–Crippen MR) is 106 cm³/mol. The van der Waals surface area contributed by atoms with Gasteiger partial charge in [-0.1, -0.05) is 35.9 Å². The Bertz CT molecular complexity index is 1150. The first kappa shape index (κ1) is 16.3. The number of aryl methyl sites for hydroxylation is 1. The number of H-pyrrole nitrogens is 1. The molecule has 130 valence electrons. The third-order valence-corrected chi connectivity index (χ3v) is 5.08. The number of nitrogens with two attached hydrogens (primary N) is 1. The van der Waals surface area contributed by atoms with Crippen molar-refractivity contribution in [3.05, 3.63) is 66.1 Å². The van der Waals surface area contributed by atoms with Gasteiger partial charge in [0.25, 0.3) is 0 Å². The van der Waals surface area contributed by atoms with E-state index in [4.69, 9.17) is 5.73 Å². The molecule has 7 heteroatoms. The van der Waals surface area contributed by atoms with Crippen LogP contribution in [0.15, 0.2) is 59.6 Å². The summed E-state index contributed by atoms with van der Waals surface area (Å²) < 4.78 is 15.1. The predicted octanol–water partition coefficient (Wildman–Crippen LogP) is 3.28. The zero-order valence-electron chi connectivity index (χ0n) is 14.1. The zero-order chi connectivity index (χ0) is 18.1. The van der Waals surface area contributed by atoms with Crippen LogP contribution in [-0.2, 0) is 11.0 Å². The van der Waals surface area contributed by atoms with E-state index in [9.17, 15) is 4.21 Å². The first-order chi connectivity index (χ1) is 12.6. The van der Waals surface area contributed by atoms with Gasteiger partial charge in [-0.05, 0) is 31.2 Å². The molecule has 2 heterocycles. The molecule has 1 atom stereocenters. The Labute approximate surface area is 152 Å². The second-order valence-electron chi connectivity index (χ2n) is 5.89. The van der Waals surface area contributed by atoms with Crippen LogP contribution in [0.5, 0.6) is 0 Å². The van der Waals surface area contributed by atoms with Crippen LogP contribution in [0.25, 0.3) is 28.0 Å². The molecule has 1 unspecified atom stereocenters. The van der Waals surface area contributed by atoms with E-state index in [2.05, 4.69) is 19.7 Å². The smallest absolute Gasteiger partial charge is 0.150 e. The van der Waals surface area contributed by atoms with Gasteiger partial charge < -0.3 is 15.4 Å². The number of anilines is 1. The molecule has 0 fully saturated rings. The van der Waals surface area contributed by atoms with Gasteiger partial charge in [-0.25, -0.2) is 14.2 Å². The molecule has 4 N–H and O–H groups in total. The van der Waals surface area contributed by atoms with E-state index in [1.54, 1.807) is 12.3 Å². The average molecular weight is 363 g/mol. The maximum atomic E-state index is 12.2. The number of nitrogen functional groups attached to an aromatic ring is 1. The summed E-state index contributed by atoms with van der Waals surface area (Å²) >= 11 is 0. The minimum atomic E-state index is -1.33. The van der Waals surface area contributed by atoms with E-state index >= 15 is 0 Å². The van der Waals surface area contributed by atoms with Gasteiger partial charge >= 0.3 is 0 Å². The summed E-state index contributed by atoms with van der Waals surface area (Å²) in [7, 11) is -1.33. The molecule has 4 rings (SSSR count). The largest absolute Gasteiger partial charge is 0.382 e. The summed E-state index contributed by atoms with van der Waals surface area (Å²) in [5.41, 5.74) is 9.43. The third kappa shape index (κ3) is 3.04. The van der Waals surface area contributed by atoms with Gasteiger partial charge in [0.15, 0.2) is 0 Å². The first-order valence-electron chi connectivity index (χ1n) is 8.07. The Morgan fingerprint density at radius 2 is 1.88 bits per heavy atom. The fourth-order valence-corrected chi connectivity index (χ4v) is 3.42. The molecular weight excluding hydrogens is 346 g/mol. The molecule has 0 amide bonds. The number of pyridine rings is 1. The summed E-state index contributed by atoms with van der Waals surface area (Å²) in [6, 6.07) is 15.3. The van der Waals surface area contributed by atoms with Gasteiger partial charge in [-0.15, -0.1) is 0 Å². The zero-order valence-corrected chi connectivity index (χ0v) is 14.9. The van der Waals surface area contributed by atoms with Crippen molar-refractivity contribution in [2.45, 2.75) is 11.8 Å². The van der Waals surface area contributed by atoms with Crippen molar-refractivity contribution in [1.82, 2.24) is 19.7 Å². The monoisotopic (exact) mass is 363 g/mol. The van der Waals surface area contributed by atoms with E-state index in [1.165, 1.54) is 0 Å². The molecule has 0 spiro atoms. The Hall–Kier alpha value is -3.19. The summed E-state index contributed by atoms with van der Waals surface area (Å²) in [6.45, 7) is 1.99. The lowest BCUT2D eigenvalue weighted by Crippen LogP contribution is -2.09. The molecule has 0 bridgehead atoms. The number of aromatic nitrogens is 3. The van der Waals surface area contributed by atoms with Crippen molar-refractivity contribution in [2.75, 3.05) is 5.73 Å². The molecule has 2 aromatic carbocycles. The summed E-state index contributed by atoms with van der Waals surface area (Å²) in [4.78, 5) is 12.8. The number of para-hydroxylation sites is 1. The van der Waals surface area contributed by atoms with Gasteiger partial charge in [-0.3, -0.25) is 0 Å². The molecule has 4 aromatic rings. The molecule has 0 saturated carbocycles. The Morgan fingerprint density at radius 3 is 2.69 bits per heavy atom. The SMILES string of the molecule is Cc1ccc(S(=O)N/C=C\c2nc3c([nH]2)c(N)nc2ccccc23)cc1. The van der Waals surface area contributed by atoms with Crippen LogP contribution in [0.1, 0.15) is 11.4 Å². The maximum Gasteiger partial charge on any atom is 0.150 e. The minimum Gasteiger partial charge on any atom is -0.382 e. The molecule has 2 aromatic heterocycles. The lowest BCUT2D eigenvalue weighted by atomic mass is 10.2. The van der Waals surface area contributed by atoms with Crippen LogP contribution in [0.3, 0.4) is 0 Å². The summed E-state index contributed by atoms with van der Waals surface area (Å²) in [5, 5.41) is 0.934. The molecule has 0 aliphatic rings. The van der Waals surface area contributed by atoms with Gasteiger partial charge in [-0.2, -0.15) is 0 Å². The number of aromatic amines is 1. The molecular formula is C19H17N5OS. The third-order valence-electron chi connectivity index (χ3n) is 4.03. The Kier molecular flexibility index (Phi) is 4.14. The molecule has 0 saturated heterocycles. The topological polar surface area (TPSA) is 96.7 Å². The van der Waals surface area contributed by atoms with Crippen LogP contribution >= 0.6 is 0 Å². The number of imidazole rings is 1. The van der Waals surface area contributed by atoms with Crippen molar-refractivity contribution in [1.29, 1.82) is 0 Å². The number of fused-ring (bicyclic) bond motifs is 3. The summed E-state index contributed by atoms with van der Waals surface area (Å²) in [5.74, 6) is 1.01. The van der Waals surface area contributed by atoms with E-state index in [1.807, 2.05) is 55.5 Å². The van der Waals surface area contributed by atoms with Gasteiger partial charge in [0, 0.05) is 11.6 Å². The van der Waals surface area contributed by atoms with Crippen LogP contribution in [0.2, 0.25) is 0 Å². The second-order valence-corrected chi connectivity index (χ2v) is 7.14. The highest BCUT2D eigenvalue weighted by Crippen LogP contribution is 2.26. The van der Waals surface area contributed by atoms with Crippen LogP contribution < -0.4 is 10.5 Å². The van der Waals surface area contributed by atoms with E-state index in [0.29, 0.717) is 22.1 Å². The quantitative estimate of drug-likeness (QED) is 0.518. The molecule has 0 radical (unpaired) electrons. The Balaban J connectivity index is 1.60. The van der Waals surface area contributed by atoms with Crippen LogP contribution in [0.4, 0.5) is 5.82 Å². The van der Waals surface area contributed by atoms with Crippen molar-refractivity contribution in [3.8, 4) is 0 Å². The molecule has 0 aliphatic carbocycles. The van der Waals surface area contributed by atoms with Crippen LogP contribution in [-0.4, -0.2) is 19.2 Å². The van der Waals surface area contributed by atoms with Crippen LogP contribution in [0, 0.1) is 6.92 Å². The standard InChI is InChI=1S/C19H17N5OS/c1-12-6-8-13(9-7-12)26(25)21-11-10-16-23-17-14-4-2-3-5-15(14)22-19(20)18(17)24-16/h2-11,21H,1H3,(H2,20,22)(H,23,24)/b11-10-. The highest BCUT2D eigenvalue weighted by atomic mass is 32.2. The minimum absolute atomic E-state index is 0.405. The fraction of sp³-hybridized carbons (Fsp3) is 0.0526. The van der Waals surface area contributed by atoms with Crippen molar-refractivity contribution < 1.29 is 4.21 Å². The number of rotatable bonds is 4. The van der Waals surface area contributed by atoms with Gasteiger partial charge in [0.1, 0.15) is 33.7 Å². The van der Waals surface area contributed by atoms with Crippen molar-refractivity contribution in [2.24, 2.45) is 0 Å². The Morgan fingerprint density at radius 1 is 1.12 bits per heavy atom. The normalized spacial score (nSPS) is 12.8.